The number of likely N-dealkylation sites (N-methyl/N-ethyl adjacent to an activating group) is 1. The number of rotatable bonds is 2. The van der Waals surface area contributed by atoms with Crippen LogP contribution in [0, 0.1) is 0 Å². The highest BCUT2D eigenvalue weighted by Gasteiger charge is 2.07. The molecular weight excluding hydrogens is 130 g/mol. The molecule has 0 aromatic heterocycles. The zero-order valence-corrected chi connectivity index (χ0v) is 6.04. The van der Waals surface area contributed by atoms with Crippen molar-refractivity contribution in [2.45, 2.75) is 6.42 Å². The topological polar surface area (TPSA) is 29.5 Å². The van der Waals surface area contributed by atoms with Crippen LogP contribution < -0.4 is 0 Å². The first kappa shape index (κ1) is 7.28. The number of carbonyl (C=O) groups is 1. The highest BCUT2D eigenvalue weighted by Crippen LogP contribution is 2.08. The fourth-order valence-corrected chi connectivity index (χ4v) is 0.921. The summed E-state index contributed by atoms with van der Waals surface area (Å²) in [5.74, 6) is 0.799. The Morgan fingerprint density at radius 1 is 1.80 bits per heavy atom. The lowest BCUT2D eigenvalue weighted by Crippen LogP contribution is -2.24. The summed E-state index contributed by atoms with van der Waals surface area (Å²) < 4.78 is 4.69. The van der Waals surface area contributed by atoms with Gasteiger partial charge in [-0.05, 0) is 13.1 Å². The van der Waals surface area contributed by atoms with Gasteiger partial charge in [0, 0.05) is 19.5 Å². The van der Waals surface area contributed by atoms with Crippen LogP contribution in [-0.2, 0) is 9.53 Å². The highest BCUT2D eigenvalue weighted by molar-refractivity contribution is 5.40. The van der Waals surface area contributed by atoms with Crippen molar-refractivity contribution < 1.29 is 9.53 Å². The smallest absolute Gasteiger partial charge is 0.298 e. The summed E-state index contributed by atoms with van der Waals surface area (Å²) in [6, 6.07) is 0. The Hall–Kier alpha value is -0.830. The molecule has 0 unspecified atom stereocenters. The van der Waals surface area contributed by atoms with Crippen LogP contribution in [0.2, 0.25) is 0 Å². The lowest BCUT2D eigenvalue weighted by Gasteiger charge is -2.19. The van der Waals surface area contributed by atoms with E-state index in [1.54, 1.807) is 0 Å². The molecular formula is C7H11NO2. The van der Waals surface area contributed by atoms with E-state index in [4.69, 9.17) is 0 Å². The van der Waals surface area contributed by atoms with E-state index >= 15 is 0 Å². The average Bonchev–Trinajstić information content (AvgIpc) is 1.95. The van der Waals surface area contributed by atoms with Crippen molar-refractivity contribution in [3.8, 4) is 0 Å². The van der Waals surface area contributed by atoms with Gasteiger partial charge in [-0.25, -0.2) is 0 Å². The molecule has 1 rings (SSSR count). The van der Waals surface area contributed by atoms with Crippen molar-refractivity contribution in [2.24, 2.45) is 0 Å². The number of hydrogen-bond acceptors (Lipinski definition) is 3. The fraction of sp³-hybridized carbons (Fsp3) is 0.571. The minimum Gasteiger partial charge on any atom is -0.434 e. The van der Waals surface area contributed by atoms with Crippen LogP contribution in [0.15, 0.2) is 11.8 Å². The first-order valence-corrected chi connectivity index (χ1v) is 3.31. The van der Waals surface area contributed by atoms with Crippen molar-refractivity contribution in [3.05, 3.63) is 11.8 Å². The summed E-state index contributed by atoms with van der Waals surface area (Å²) in [5, 5.41) is 0. The van der Waals surface area contributed by atoms with Crippen molar-refractivity contribution in [2.75, 3.05) is 20.1 Å². The second-order valence-corrected chi connectivity index (χ2v) is 2.40. The van der Waals surface area contributed by atoms with Crippen molar-refractivity contribution in [3.63, 3.8) is 0 Å². The zero-order valence-electron chi connectivity index (χ0n) is 6.04. The minimum absolute atomic E-state index is 0.483. The maximum atomic E-state index is 9.88. The average molecular weight is 141 g/mol. The van der Waals surface area contributed by atoms with E-state index in [-0.39, 0.29) is 0 Å². The van der Waals surface area contributed by atoms with Crippen LogP contribution in [-0.4, -0.2) is 31.5 Å². The molecule has 0 amide bonds. The van der Waals surface area contributed by atoms with E-state index in [1.165, 1.54) is 0 Å². The van der Waals surface area contributed by atoms with Crippen LogP contribution in [0.3, 0.4) is 0 Å². The molecule has 0 aromatic rings. The van der Waals surface area contributed by atoms with Gasteiger partial charge >= 0.3 is 0 Å². The van der Waals surface area contributed by atoms with Gasteiger partial charge in [-0.15, -0.1) is 0 Å². The molecule has 0 saturated heterocycles. The van der Waals surface area contributed by atoms with Crippen molar-refractivity contribution >= 4 is 6.47 Å². The summed E-state index contributed by atoms with van der Waals surface area (Å²) in [6.45, 7) is 2.33. The summed E-state index contributed by atoms with van der Waals surface area (Å²) in [7, 11) is 2.04. The third kappa shape index (κ3) is 1.84. The second-order valence-electron chi connectivity index (χ2n) is 2.40. The first-order chi connectivity index (χ1) is 4.83. The monoisotopic (exact) mass is 141 g/mol. The van der Waals surface area contributed by atoms with Gasteiger partial charge in [-0.1, -0.05) is 0 Å². The first-order valence-electron chi connectivity index (χ1n) is 3.31. The van der Waals surface area contributed by atoms with Crippen molar-refractivity contribution in [1.82, 2.24) is 4.90 Å². The third-order valence-electron chi connectivity index (χ3n) is 1.57. The summed E-state index contributed by atoms with van der Waals surface area (Å²) in [4.78, 5) is 12.0. The van der Waals surface area contributed by atoms with Gasteiger partial charge in [0.05, 0.1) is 0 Å². The third-order valence-corrected chi connectivity index (χ3v) is 1.57. The minimum atomic E-state index is 0.483. The normalized spacial score (nSPS) is 19.9. The molecule has 0 atom stereocenters. The molecule has 0 radical (unpaired) electrons. The van der Waals surface area contributed by atoms with Gasteiger partial charge in [-0.2, -0.15) is 0 Å². The van der Waals surface area contributed by atoms with E-state index in [2.05, 4.69) is 9.64 Å². The SMILES string of the molecule is CN1CC=C(OC=O)CC1. The van der Waals surface area contributed by atoms with Crippen molar-refractivity contribution in [1.29, 1.82) is 0 Å². The van der Waals surface area contributed by atoms with Crippen LogP contribution >= 0.6 is 0 Å². The second kappa shape index (κ2) is 3.37. The quantitative estimate of drug-likeness (QED) is 0.521. The Kier molecular flexibility index (Phi) is 2.45. The molecule has 3 heteroatoms. The van der Waals surface area contributed by atoms with E-state index in [1.807, 2.05) is 13.1 Å². The predicted octanol–water partition coefficient (Wildman–Crippen LogP) is 0.379. The Bertz CT molecular complexity index is 154. The molecule has 1 heterocycles. The summed E-state index contributed by atoms with van der Waals surface area (Å²) >= 11 is 0. The van der Waals surface area contributed by atoms with E-state index in [9.17, 15) is 4.79 Å². The Labute approximate surface area is 60.3 Å². The molecule has 0 fully saturated rings. The Morgan fingerprint density at radius 2 is 2.60 bits per heavy atom. The van der Waals surface area contributed by atoms with Gasteiger partial charge in [0.2, 0.25) is 0 Å². The molecule has 56 valence electrons. The van der Waals surface area contributed by atoms with Gasteiger partial charge in [0.25, 0.3) is 6.47 Å². The largest absolute Gasteiger partial charge is 0.434 e. The van der Waals surface area contributed by atoms with E-state index < -0.39 is 0 Å². The number of ether oxygens (including phenoxy) is 1. The van der Waals surface area contributed by atoms with Gasteiger partial charge < -0.3 is 9.64 Å². The maximum Gasteiger partial charge on any atom is 0.298 e. The molecule has 1 aliphatic rings. The van der Waals surface area contributed by atoms with Gasteiger partial charge in [-0.3, -0.25) is 4.79 Å². The number of nitrogens with zero attached hydrogens (tertiary/aromatic N) is 1. The molecule has 0 saturated carbocycles. The molecule has 0 spiro atoms. The summed E-state index contributed by atoms with van der Waals surface area (Å²) in [6.07, 6.45) is 2.77. The lowest BCUT2D eigenvalue weighted by atomic mass is 10.2. The molecule has 0 N–H and O–H groups in total. The molecule has 0 bridgehead atoms. The molecule has 0 aromatic carbocycles. The Morgan fingerprint density at radius 3 is 3.10 bits per heavy atom. The van der Waals surface area contributed by atoms with Crippen LogP contribution in [0.4, 0.5) is 0 Å². The standard InChI is InChI=1S/C7H11NO2/c1-8-4-2-7(3-5-8)10-6-9/h2,6H,3-5H2,1H3. The molecule has 0 aliphatic carbocycles. The number of hydrogen-bond donors (Lipinski definition) is 0. The Balaban J connectivity index is 2.40. The van der Waals surface area contributed by atoms with Crippen LogP contribution in [0.25, 0.3) is 0 Å². The van der Waals surface area contributed by atoms with Gasteiger partial charge in [0.15, 0.2) is 0 Å². The van der Waals surface area contributed by atoms with E-state index in [0.717, 1.165) is 25.3 Å². The predicted molar refractivity (Wildman–Crippen MR) is 37.3 cm³/mol. The molecule has 10 heavy (non-hydrogen) atoms. The number of carbonyl (C=O) groups excluding carboxylic acids is 1. The van der Waals surface area contributed by atoms with Crippen LogP contribution in [0.5, 0.6) is 0 Å². The maximum absolute atomic E-state index is 9.88. The van der Waals surface area contributed by atoms with Gasteiger partial charge in [0.1, 0.15) is 5.76 Å². The summed E-state index contributed by atoms with van der Waals surface area (Å²) in [5.41, 5.74) is 0. The van der Waals surface area contributed by atoms with E-state index in [0.29, 0.717) is 6.47 Å². The lowest BCUT2D eigenvalue weighted by molar-refractivity contribution is -0.125. The fourth-order valence-electron chi connectivity index (χ4n) is 0.921. The molecule has 1 aliphatic heterocycles. The zero-order chi connectivity index (χ0) is 7.40. The highest BCUT2D eigenvalue weighted by atomic mass is 16.5. The van der Waals surface area contributed by atoms with Crippen LogP contribution in [0.1, 0.15) is 6.42 Å². The molecule has 3 nitrogen and oxygen atoms in total.